The third kappa shape index (κ3) is 4.85. The number of rotatable bonds is 6. The van der Waals surface area contributed by atoms with Gasteiger partial charge in [-0.05, 0) is 19.4 Å². The van der Waals surface area contributed by atoms with Gasteiger partial charge in [-0.3, -0.25) is 4.68 Å². The normalized spacial score (nSPS) is 11.6. The first-order valence-corrected chi connectivity index (χ1v) is 9.09. The molecule has 0 aliphatic rings. The van der Waals surface area contributed by atoms with Crippen molar-refractivity contribution in [3.8, 4) is 0 Å². The van der Waals surface area contributed by atoms with Crippen LogP contribution in [0.25, 0.3) is 0 Å². The van der Waals surface area contributed by atoms with Gasteiger partial charge in [-0.1, -0.05) is 30.3 Å². The highest BCUT2D eigenvalue weighted by Gasteiger charge is 2.34. The minimum absolute atomic E-state index is 0.0712. The molecule has 2 aromatic heterocycles. The van der Waals surface area contributed by atoms with Gasteiger partial charge < -0.3 is 10.2 Å². The molecule has 0 bridgehead atoms. The lowest BCUT2D eigenvalue weighted by molar-refractivity contribution is -0.141. The molecule has 0 radical (unpaired) electrons. The third-order valence-electron chi connectivity index (χ3n) is 4.59. The van der Waals surface area contributed by atoms with Gasteiger partial charge in [0.15, 0.2) is 5.69 Å². The van der Waals surface area contributed by atoms with Gasteiger partial charge in [-0.15, -0.1) is 0 Å². The molecule has 154 valence electrons. The van der Waals surface area contributed by atoms with E-state index in [0.29, 0.717) is 6.54 Å². The predicted octanol–water partition coefficient (Wildman–Crippen LogP) is 4.04. The lowest BCUT2D eigenvalue weighted by atomic mass is 10.2. The smallest absolute Gasteiger partial charge is 0.363 e. The summed E-state index contributed by atoms with van der Waals surface area (Å²) >= 11 is 0. The molecule has 3 aromatic rings. The summed E-state index contributed by atoms with van der Waals surface area (Å²) in [5.41, 5.74) is 2.80. The van der Waals surface area contributed by atoms with E-state index in [4.69, 9.17) is 0 Å². The second-order valence-electron chi connectivity index (χ2n) is 6.97. The highest BCUT2D eigenvalue weighted by Crippen LogP contribution is 2.30. The molecule has 1 N–H and O–H groups in total. The molecule has 0 saturated carbocycles. The molecular weight excluding hydrogens is 381 g/mol. The molecule has 2 heterocycles. The van der Waals surface area contributed by atoms with Crippen LogP contribution in [0.4, 0.5) is 24.9 Å². The standard InChI is InChI=1S/C20H23F3N6/c1-13-16(14(2)29(27-13)12-15-8-6-5-7-9-15)11-24-19-25-17(20(21,22)23)10-18(26-19)28(3)4/h5-10H,11-12H2,1-4H3,(H,24,25,26). The molecule has 0 fully saturated rings. The monoisotopic (exact) mass is 404 g/mol. The Balaban J connectivity index is 1.82. The number of alkyl halides is 3. The molecule has 6 nitrogen and oxygen atoms in total. The van der Waals surface area contributed by atoms with E-state index in [9.17, 15) is 13.2 Å². The fourth-order valence-electron chi connectivity index (χ4n) is 2.96. The van der Waals surface area contributed by atoms with Crippen LogP contribution in [0.3, 0.4) is 0 Å². The van der Waals surface area contributed by atoms with Crippen molar-refractivity contribution >= 4 is 11.8 Å². The van der Waals surface area contributed by atoms with Crippen LogP contribution in [0.1, 0.15) is 28.2 Å². The van der Waals surface area contributed by atoms with Crippen molar-refractivity contribution in [2.24, 2.45) is 0 Å². The Morgan fingerprint density at radius 3 is 2.38 bits per heavy atom. The number of nitrogens with one attached hydrogen (secondary N) is 1. The van der Waals surface area contributed by atoms with Crippen molar-refractivity contribution in [1.82, 2.24) is 19.7 Å². The van der Waals surface area contributed by atoms with Crippen LogP contribution < -0.4 is 10.2 Å². The van der Waals surface area contributed by atoms with Gasteiger partial charge in [0, 0.05) is 38.0 Å². The molecule has 3 rings (SSSR count). The van der Waals surface area contributed by atoms with Crippen LogP contribution in [0.15, 0.2) is 36.4 Å². The molecule has 0 aliphatic heterocycles. The van der Waals surface area contributed by atoms with Crippen molar-refractivity contribution in [1.29, 1.82) is 0 Å². The Morgan fingerprint density at radius 2 is 1.76 bits per heavy atom. The van der Waals surface area contributed by atoms with Gasteiger partial charge in [0.1, 0.15) is 5.82 Å². The van der Waals surface area contributed by atoms with E-state index in [-0.39, 0.29) is 18.3 Å². The van der Waals surface area contributed by atoms with E-state index in [2.05, 4.69) is 20.4 Å². The zero-order chi connectivity index (χ0) is 21.2. The fraction of sp³-hybridized carbons (Fsp3) is 0.350. The van der Waals surface area contributed by atoms with Crippen molar-refractivity contribution in [3.05, 3.63) is 64.6 Å². The van der Waals surface area contributed by atoms with Gasteiger partial charge >= 0.3 is 6.18 Å². The zero-order valence-corrected chi connectivity index (χ0v) is 16.7. The summed E-state index contributed by atoms with van der Waals surface area (Å²) in [7, 11) is 3.27. The minimum atomic E-state index is -4.55. The summed E-state index contributed by atoms with van der Waals surface area (Å²) in [5.74, 6) is 0.112. The largest absolute Gasteiger partial charge is 0.433 e. The number of hydrogen-bond acceptors (Lipinski definition) is 5. The molecule has 9 heteroatoms. The summed E-state index contributed by atoms with van der Waals surface area (Å²) < 4.78 is 41.4. The molecule has 0 saturated heterocycles. The van der Waals surface area contributed by atoms with Crippen molar-refractivity contribution in [2.45, 2.75) is 33.1 Å². The maximum absolute atomic E-state index is 13.2. The number of aromatic nitrogens is 4. The third-order valence-corrected chi connectivity index (χ3v) is 4.59. The number of hydrogen-bond donors (Lipinski definition) is 1. The van der Waals surface area contributed by atoms with E-state index in [1.165, 1.54) is 4.90 Å². The molecule has 0 spiro atoms. The van der Waals surface area contributed by atoms with Gasteiger partial charge in [0.2, 0.25) is 5.95 Å². The number of halogens is 3. The topological polar surface area (TPSA) is 58.9 Å². The van der Waals surface area contributed by atoms with Gasteiger partial charge in [-0.2, -0.15) is 23.3 Å². The SMILES string of the molecule is Cc1nn(Cc2ccccc2)c(C)c1CNc1nc(N(C)C)cc(C(F)(F)F)n1. The highest BCUT2D eigenvalue weighted by atomic mass is 19.4. The maximum atomic E-state index is 13.2. The van der Waals surface area contributed by atoms with Crippen molar-refractivity contribution < 1.29 is 13.2 Å². The number of aryl methyl sites for hydroxylation is 1. The van der Waals surface area contributed by atoms with Crippen LogP contribution >= 0.6 is 0 Å². The van der Waals surface area contributed by atoms with E-state index >= 15 is 0 Å². The minimum Gasteiger partial charge on any atom is -0.363 e. The van der Waals surface area contributed by atoms with Gasteiger partial charge in [0.05, 0.1) is 12.2 Å². The predicted molar refractivity (Wildman–Crippen MR) is 106 cm³/mol. The first-order chi connectivity index (χ1) is 13.6. The van der Waals surface area contributed by atoms with Gasteiger partial charge in [0.25, 0.3) is 0 Å². The lowest BCUT2D eigenvalue weighted by Gasteiger charge is -2.16. The van der Waals surface area contributed by atoms with Crippen LogP contribution in [0.2, 0.25) is 0 Å². The number of anilines is 2. The molecule has 0 aliphatic carbocycles. The second-order valence-corrected chi connectivity index (χ2v) is 6.97. The first kappa shape index (κ1) is 20.6. The van der Waals surface area contributed by atoms with Crippen LogP contribution in [-0.4, -0.2) is 33.8 Å². The Hall–Kier alpha value is -3.10. The summed E-state index contributed by atoms with van der Waals surface area (Å²) in [6.07, 6.45) is -4.55. The average Bonchev–Trinajstić information content (AvgIpc) is 2.93. The van der Waals surface area contributed by atoms with E-state index in [1.54, 1.807) is 14.1 Å². The summed E-state index contributed by atoms with van der Waals surface area (Å²) in [6.45, 7) is 4.72. The average molecular weight is 404 g/mol. The molecule has 29 heavy (non-hydrogen) atoms. The Morgan fingerprint density at radius 1 is 1.07 bits per heavy atom. The van der Waals surface area contributed by atoms with Crippen LogP contribution in [0, 0.1) is 13.8 Å². The quantitative estimate of drug-likeness (QED) is 0.672. The number of benzene rings is 1. The molecular formula is C20H23F3N6. The Bertz CT molecular complexity index is 980. The van der Waals surface area contributed by atoms with Crippen molar-refractivity contribution in [3.63, 3.8) is 0 Å². The molecule has 0 amide bonds. The second kappa shape index (κ2) is 8.10. The lowest BCUT2D eigenvalue weighted by Crippen LogP contribution is -2.17. The van der Waals surface area contributed by atoms with Crippen LogP contribution in [0.5, 0.6) is 0 Å². The Labute approximate surface area is 167 Å². The van der Waals surface area contributed by atoms with E-state index < -0.39 is 11.9 Å². The zero-order valence-electron chi connectivity index (χ0n) is 16.7. The van der Waals surface area contributed by atoms with Crippen molar-refractivity contribution in [2.75, 3.05) is 24.3 Å². The summed E-state index contributed by atoms with van der Waals surface area (Å²) in [4.78, 5) is 9.32. The number of nitrogens with zero attached hydrogens (tertiary/aromatic N) is 5. The van der Waals surface area contributed by atoms with E-state index in [1.807, 2.05) is 48.9 Å². The van der Waals surface area contributed by atoms with Gasteiger partial charge in [-0.25, -0.2) is 4.98 Å². The summed E-state index contributed by atoms with van der Waals surface area (Å²) in [5, 5.41) is 7.49. The van der Waals surface area contributed by atoms with E-state index in [0.717, 1.165) is 28.6 Å². The molecule has 0 atom stereocenters. The highest BCUT2D eigenvalue weighted by molar-refractivity contribution is 5.45. The summed E-state index contributed by atoms with van der Waals surface area (Å²) in [6, 6.07) is 10.9. The Kier molecular flexibility index (Phi) is 5.76. The van der Waals surface area contributed by atoms with Crippen LogP contribution in [-0.2, 0) is 19.3 Å². The molecule has 1 aromatic carbocycles. The maximum Gasteiger partial charge on any atom is 0.433 e. The molecule has 0 unspecified atom stereocenters. The fourth-order valence-corrected chi connectivity index (χ4v) is 2.96. The first-order valence-electron chi connectivity index (χ1n) is 9.09.